The molecule has 0 radical (unpaired) electrons. The van der Waals surface area contributed by atoms with Crippen LogP contribution in [0.5, 0.6) is 5.75 Å². The highest BCUT2D eigenvalue weighted by Gasteiger charge is 2.40. The van der Waals surface area contributed by atoms with Gasteiger partial charge >= 0.3 is 0 Å². The maximum Gasteiger partial charge on any atom is 0.282 e. The zero-order valence-electron chi connectivity index (χ0n) is 16.8. The third kappa shape index (κ3) is 3.90. The minimum Gasteiger partial charge on any atom is -0.497 e. The van der Waals surface area contributed by atoms with Crippen molar-refractivity contribution in [3.05, 3.63) is 94.4 Å². The first-order valence-corrected chi connectivity index (χ1v) is 9.83. The zero-order chi connectivity index (χ0) is 22.1. The predicted molar refractivity (Wildman–Crippen MR) is 119 cm³/mol. The number of nitrogens with one attached hydrogen (secondary N) is 1. The number of imide groups is 1. The van der Waals surface area contributed by atoms with Gasteiger partial charge in [0.05, 0.1) is 18.4 Å². The normalized spacial score (nSPS) is 13.7. The summed E-state index contributed by atoms with van der Waals surface area (Å²) in [4.78, 5) is 27.9. The third-order valence-corrected chi connectivity index (χ3v) is 5.19. The summed E-state index contributed by atoms with van der Waals surface area (Å²) >= 11 is 6.04. The van der Waals surface area contributed by atoms with Crippen molar-refractivity contribution in [1.29, 1.82) is 0 Å². The minimum atomic E-state index is -0.537. The van der Waals surface area contributed by atoms with E-state index in [-0.39, 0.29) is 11.3 Å². The van der Waals surface area contributed by atoms with E-state index in [1.54, 1.807) is 62.6 Å². The number of benzene rings is 3. The second kappa shape index (κ2) is 8.24. The fourth-order valence-corrected chi connectivity index (χ4v) is 3.70. The molecule has 0 saturated carbocycles. The van der Waals surface area contributed by atoms with Crippen molar-refractivity contribution in [3.8, 4) is 5.75 Å². The Morgan fingerprint density at radius 2 is 1.71 bits per heavy atom. The summed E-state index contributed by atoms with van der Waals surface area (Å²) in [6, 6.07) is 17.4. The maximum absolute atomic E-state index is 13.7. The van der Waals surface area contributed by atoms with E-state index in [2.05, 4.69) is 5.32 Å². The summed E-state index contributed by atoms with van der Waals surface area (Å²) in [7, 11) is 1.54. The van der Waals surface area contributed by atoms with Crippen LogP contribution in [0.4, 0.5) is 15.8 Å². The predicted octanol–water partition coefficient (Wildman–Crippen LogP) is 5.19. The smallest absolute Gasteiger partial charge is 0.282 e. The molecule has 0 aromatic heterocycles. The first-order chi connectivity index (χ1) is 14.9. The van der Waals surface area contributed by atoms with Gasteiger partial charge in [0.25, 0.3) is 11.8 Å². The van der Waals surface area contributed by atoms with E-state index in [9.17, 15) is 14.0 Å². The van der Waals surface area contributed by atoms with Crippen molar-refractivity contribution < 1.29 is 18.7 Å². The molecule has 2 amide bonds. The molecule has 3 aromatic rings. The number of ether oxygens (including phenoxy) is 1. The average molecular weight is 437 g/mol. The lowest BCUT2D eigenvalue weighted by molar-refractivity contribution is -0.120. The maximum atomic E-state index is 13.7. The summed E-state index contributed by atoms with van der Waals surface area (Å²) in [5, 5.41) is 3.44. The molecule has 0 aliphatic carbocycles. The highest BCUT2D eigenvalue weighted by Crippen LogP contribution is 2.36. The van der Waals surface area contributed by atoms with E-state index in [1.807, 2.05) is 0 Å². The molecular formula is C24H18ClFN2O3. The van der Waals surface area contributed by atoms with Gasteiger partial charge in [0.1, 0.15) is 17.3 Å². The van der Waals surface area contributed by atoms with Crippen LogP contribution in [0.25, 0.3) is 5.57 Å². The van der Waals surface area contributed by atoms with Crippen LogP contribution in [0, 0.1) is 12.7 Å². The molecule has 7 heteroatoms. The second-order valence-electron chi connectivity index (χ2n) is 6.99. The zero-order valence-corrected chi connectivity index (χ0v) is 17.5. The summed E-state index contributed by atoms with van der Waals surface area (Å²) in [5.41, 5.74) is 2.25. The van der Waals surface area contributed by atoms with Crippen molar-refractivity contribution in [2.45, 2.75) is 6.92 Å². The number of hydrogen-bond donors (Lipinski definition) is 1. The minimum absolute atomic E-state index is 0.0649. The number of methoxy groups -OCH3 is 1. The molecule has 1 aliphatic rings. The molecule has 1 N–H and O–H groups in total. The Labute approximate surface area is 183 Å². The Morgan fingerprint density at radius 3 is 2.35 bits per heavy atom. The van der Waals surface area contributed by atoms with Crippen molar-refractivity contribution in [2.24, 2.45) is 0 Å². The van der Waals surface area contributed by atoms with Crippen LogP contribution in [-0.2, 0) is 9.59 Å². The van der Waals surface area contributed by atoms with Crippen molar-refractivity contribution >= 4 is 40.4 Å². The number of nitrogens with zero attached hydrogens (tertiary/aromatic N) is 1. The van der Waals surface area contributed by atoms with E-state index in [4.69, 9.17) is 16.3 Å². The van der Waals surface area contributed by atoms with E-state index >= 15 is 0 Å². The molecule has 0 unspecified atom stereocenters. The van der Waals surface area contributed by atoms with Crippen LogP contribution in [-0.4, -0.2) is 18.9 Å². The monoisotopic (exact) mass is 436 g/mol. The SMILES string of the molecule is COc1ccc(C2=C(Nc3cccc(F)c3)C(=O)N(c3ccc(Cl)cc3C)C2=O)cc1. The summed E-state index contributed by atoms with van der Waals surface area (Å²) < 4.78 is 18.9. The number of aryl methyl sites for hydroxylation is 1. The molecular weight excluding hydrogens is 419 g/mol. The van der Waals surface area contributed by atoms with Gasteiger partial charge in [-0.1, -0.05) is 29.8 Å². The van der Waals surface area contributed by atoms with E-state index in [1.165, 1.54) is 18.2 Å². The van der Waals surface area contributed by atoms with Gasteiger partial charge in [0.15, 0.2) is 0 Å². The Hall–Kier alpha value is -3.64. The average Bonchev–Trinajstić information content (AvgIpc) is 2.98. The molecule has 4 rings (SSSR count). The number of rotatable bonds is 5. The van der Waals surface area contributed by atoms with Crippen molar-refractivity contribution in [1.82, 2.24) is 0 Å². The van der Waals surface area contributed by atoms with Crippen molar-refractivity contribution in [3.63, 3.8) is 0 Å². The summed E-state index contributed by atoms with van der Waals surface area (Å²) in [5.74, 6) is -0.866. The molecule has 0 bridgehead atoms. The first kappa shape index (κ1) is 20.6. The second-order valence-corrected chi connectivity index (χ2v) is 7.43. The molecule has 0 saturated heterocycles. The number of hydrogen-bond acceptors (Lipinski definition) is 4. The molecule has 1 heterocycles. The van der Waals surface area contributed by atoms with Crippen LogP contribution in [0.15, 0.2) is 72.4 Å². The number of halogens is 2. The van der Waals surface area contributed by atoms with Crippen LogP contribution in [0.1, 0.15) is 11.1 Å². The van der Waals surface area contributed by atoms with Gasteiger partial charge in [-0.2, -0.15) is 0 Å². The van der Waals surface area contributed by atoms with Gasteiger partial charge < -0.3 is 10.1 Å². The van der Waals surface area contributed by atoms with Crippen LogP contribution < -0.4 is 15.0 Å². The lowest BCUT2D eigenvalue weighted by atomic mass is 10.0. The van der Waals surface area contributed by atoms with E-state index < -0.39 is 17.6 Å². The Bertz CT molecular complexity index is 1220. The lowest BCUT2D eigenvalue weighted by Crippen LogP contribution is -2.33. The summed E-state index contributed by atoms with van der Waals surface area (Å²) in [6.07, 6.45) is 0. The third-order valence-electron chi connectivity index (χ3n) is 4.96. The fraction of sp³-hybridized carbons (Fsp3) is 0.0833. The molecule has 1 aliphatic heterocycles. The summed E-state index contributed by atoms with van der Waals surface area (Å²) in [6.45, 7) is 1.77. The van der Waals surface area contributed by atoms with E-state index in [0.29, 0.717) is 33.3 Å². The van der Waals surface area contributed by atoms with Gasteiger partial charge in [-0.15, -0.1) is 0 Å². The van der Waals surface area contributed by atoms with Gasteiger partial charge in [-0.05, 0) is 66.6 Å². The molecule has 0 spiro atoms. The van der Waals surface area contributed by atoms with Crippen LogP contribution in [0.3, 0.4) is 0 Å². The standard InChI is InChI=1S/C24H18ClFN2O3/c1-14-12-16(25)8-11-20(14)28-23(29)21(15-6-9-19(31-2)10-7-15)22(24(28)30)27-18-5-3-4-17(26)13-18/h3-13,27H,1-2H3. The molecule has 5 nitrogen and oxygen atoms in total. The number of amides is 2. The number of carbonyl (C=O) groups excluding carboxylic acids is 2. The molecule has 3 aromatic carbocycles. The fourth-order valence-electron chi connectivity index (χ4n) is 3.47. The molecule has 156 valence electrons. The van der Waals surface area contributed by atoms with Crippen molar-refractivity contribution in [2.75, 3.05) is 17.3 Å². The van der Waals surface area contributed by atoms with E-state index in [0.717, 1.165) is 4.90 Å². The lowest BCUT2D eigenvalue weighted by Gasteiger charge is -2.18. The van der Waals surface area contributed by atoms with Crippen LogP contribution in [0.2, 0.25) is 5.02 Å². The van der Waals surface area contributed by atoms with Gasteiger partial charge in [0, 0.05) is 10.7 Å². The highest BCUT2D eigenvalue weighted by molar-refractivity contribution is 6.46. The van der Waals surface area contributed by atoms with Gasteiger partial charge in [0.2, 0.25) is 0 Å². The molecule has 0 atom stereocenters. The topological polar surface area (TPSA) is 58.6 Å². The molecule has 0 fully saturated rings. The Kier molecular flexibility index (Phi) is 5.48. The number of carbonyl (C=O) groups is 2. The first-order valence-electron chi connectivity index (χ1n) is 9.45. The highest BCUT2D eigenvalue weighted by atomic mass is 35.5. The largest absolute Gasteiger partial charge is 0.497 e. The van der Waals surface area contributed by atoms with Crippen LogP contribution >= 0.6 is 11.6 Å². The molecule has 31 heavy (non-hydrogen) atoms. The quantitative estimate of drug-likeness (QED) is 0.559. The van der Waals surface area contributed by atoms with Gasteiger partial charge in [-0.25, -0.2) is 9.29 Å². The Morgan fingerprint density at radius 1 is 0.968 bits per heavy atom. The Balaban J connectivity index is 1.83. The van der Waals surface area contributed by atoms with Gasteiger partial charge in [-0.3, -0.25) is 9.59 Å². The number of anilines is 2.